The lowest BCUT2D eigenvalue weighted by atomic mass is 10.0. The summed E-state index contributed by atoms with van der Waals surface area (Å²) in [6.07, 6.45) is 0. The highest BCUT2D eigenvalue weighted by Gasteiger charge is 2.17. The van der Waals surface area contributed by atoms with Gasteiger partial charge in [-0.05, 0) is 39.5 Å². The number of thiophene rings is 1. The lowest BCUT2D eigenvalue weighted by Crippen LogP contribution is -2.00. The van der Waals surface area contributed by atoms with Crippen LogP contribution in [-0.2, 0) is 0 Å². The molecule has 3 rings (SSSR count). The zero-order valence-corrected chi connectivity index (χ0v) is 13.2. The standard InChI is InChI=1S/C15H7BrClFOS/c16-11-7-13(20-15(11)17)14(19)10-5-6-12(18)9-4-2-1-3-8(9)10/h1-7H. The Morgan fingerprint density at radius 3 is 2.50 bits per heavy atom. The second kappa shape index (κ2) is 5.28. The fourth-order valence-electron chi connectivity index (χ4n) is 2.05. The lowest BCUT2D eigenvalue weighted by Gasteiger charge is -2.05. The molecule has 0 atom stereocenters. The highest BCUT2D eigenvalue weighted by atomic mass is 79.9. The van der Waals surface area contributed by atoms with Gasteiger partial charge in [0.1, 0.15) is 10.2 Å². The quantitative estimate of drug-likeness (QED) is 0.531. The van der Waals surface area contributed by atoms with Crippen molar-refractivity contribution in [2.45, 2.75) is 0 Å². The maximum absolute atomic E-state index is 13.8. The van der Waals surface area contributed by atoms with E-state index in [1.54, 1.807) is 30.3 Å². The van der Waals surface area contributed by atoms with Crippen LogP contribution in [0, 0.1) is 5.82 Å². The predicted molar refractivity (Wildman–Crippen MR) is 84.4 cm³/mol. The van der Waals surface area contributed by atoms with Crippen LogP contribution in [0.5, 0.6) is 0 Å². The summed E-state index contributed by atoms with van der Waals surface area (Å²) in [6, 6.07) is 11.5. The third-order valence-electron chi connectivity index (χ3n) is 2.98. The van der Waals surface area contributed by atoms with Crippen molar-refractivity contribution in [3.05, 3.63) is 67.5 Å². The normalized spacial score (nSPS) is 10.9. The molecule has 100 valence electrons. The Bertz CT molecular complexity index is 808. The Morgan fingerprint density at radius 1 is 1.15 bits per heavy atom. The van der Waals surface area contributed by atoms with Crippen LogP contribution in [-0.4, -0.2) is 5.78 Å². The number of carbonyl (C=O) groups excluding carboxylic acids is 1. The van der Waals surface area contributed by atoms with Gasteiger partial charge in [0.25, 0.3) is 0 Å². The maximum atomic E-state index is 13.8. The number of fused-ring (bicyclic) bond motifs is 1. The average Bonchev–Trinajstić information content (AvgIpc) is 2.79. The van der Waals surface area contributed by atoms with Crippen molar-refractivity contribution < 1.29 is 9.18 Å². The highest BCUT2D eigenvalue weighted by Crippen LogP contribution is 2.34. The molecule has 2 aromatic carbocycles. The first-order chi connectivity index (χ1) is 9.58. The molecule has 20 heavy (non-hydrogen) atoms. The van der Waals surface area contributed by atoms with E-state index in [1.165, 1.54) is 23.5 Å². The fourth-order valence-corrected chi connectivity index (χ4v) is 3.71. The summed E-state index contributed by atoms with van der Waals surface area (Å²) in [5.41, 5.74) is 0.479. The molecule has 0 saturated heterocycles. The van der Waals surface area contributed by atoms with Crippen LogP contribution in [0.1, 0.15) is 15.2 Å². The zero-order chi connectivity index (χ0) is 14.3. The summed E-state index contributed by atoms with van der Waals surface area (Å²) in [5, 5.41) is 1.05. The molecule has 0 radical (unpaired) electrons. The van der Waals surface area contributed by atoms with Crippen LogP contribution in [0.25, 0.3) is 10.8 Å². The Labute approximate surface area is 132 Å². The molecular weight excluding hydrogens is 363 g/mol. The molecule has 0 saturated carbocycles. The number of hydrogen-bond donors (Lipinski definition) is 0. The first-order valence-corrected chi connectivity index (χ1v) is 7.73. The summed E-state index contributed by atoms with van der Waals surface area (Å²) in [5.74, 6) is -0.485. The smallest absolute Gasteiger partial charge is 0.203 e. The van der Waals surface area contributed by atoms with Crippen LogP contribution < -0.4 is 0 Å². The van der Waals surface area contributed by atoms with Gasteiger partial charge in [-0.1, -0.05) is 35.9 Å². The highest BCUT2D eigenvalue weighted by molar-refractivity contribution is 9.10. The van der Waals surface area contributed by atoms with Gasteiger partial charge < -0.3 is 0 Å². The second-order valence-electron chi connectivity index (χ2n) is 4.20. The molecule has 0 aliphatic rings. The molecule has 0 aliphatic heterocycles. The predicted octanol–water partition coefficient (Wildman–Crippen LogP) is 5.69. The fraction of sp³-hybridized carbons (Fsp3) is 0. The first kappa shape index (κ1) is 13.7. The maximum Gasteiger partial charge on any atom is 0.203 e. The molecule has 1 heterocycles. The van der Waals surface area contributed by atoms with E-state index < -0.39 is 0 Å². The van der Waals surface area contributed by atoms with E-state index in [2.05, 4.69) is 15.9 Å². The minimum absolute atomic E-state index is 0.154. The number of halogens is 3. The molecule has 1 aromatic heterocycles. The zero-order valence-electron chi connectivity index (χ0n) is 9.99. The van der Waals surface area contributed by atoms with E-state index in [1.807, 2.05) is 0 Å². The molecule has 0 amide bonds. The SMILES string of the molecule is O=C(c1cc(Br)c(Cl)s1)c1ccc(F)c2ccccc12. The van der Waals surface area contributed by atoms with Crippen molar-refractivity contribution in [2.75, 3.05) is 0 Å². The monoisotopic (exact) mass is 368 g/mol. The van der Waals surface area contributed by atoms with Crippen molar-refractivity contribution >= 4 is 55.4 Å². The molecule has 3 aromatic rings. The minimum Gasteiger partial charge on any atom is -0.288 e. The minimum atomic E-state index is -0.331. The van der Waals surface area contributed by atoms with Gasteiger partial charge in [-0.2, -0.15) is 0 Å². The summed E-state index contributed by atoms with van der Waals surface area (Å²) in [6.45, 7) is 0. The molecule has 5 heteroatoms. The van der Waals surface area contributed by atoms with E-state index in [-0.39, 0.29) is 11.6 Å². The third kappa shape index (κ3) is 2.28. The van der Waals surface area contributed by atoms with Gasteiger partial charge >= 0.3 is 0 Å². The van der Waals surface area contributed by atoms with Crippen LogP contribution in [0.15, 0.2) is 46.9 Å². The summed E-state index contributed by atoms with van der Waals surface area (Å²) < 4.78 is 15.0. The molecule has 0 aliphatic carbocycles. The van der Waals surface area contributed by atoms with Crippen LogP contribution >= 0.6 is 38.9 Å². The summed E-state index contributed by atoms with van der Waals surface area (Å²) in [4.78, 5) is 13.1. The van der Waals surface area contributed by atoms with Gasteiger partial charge in [-0.25, -0.2) is 4.39 Å². The molecule has 0 fully saturated rings. The van der Waals surface area contributed by atoms with Gasteiger partial charge in [-0.15, -0.1) is 11.3 Å². The number of rotatable bonds is 2. The molecule has 0 unspecified atom stereocenters. The first-order valence-electron chi connectivity index (χ1n) is 5.74. The van der Waals surface area contributed by atoms with Crippen LogP contribution in [0.3, 0.4) is 0 Å². The molecule has 0 bridgehead atoms. The van der Waals surface area contributed by atoms with Gasteiger partial charge in [-0.3, -0.25) is 4.79 Å². The number of ketones is 1. The Kier molecular flexibility index (Phi) is 3.63. The van der Waals surface area contributed by atoms with Crippen molar-refractivity contribution in [1.82, 2.24) is 0 Å². The van der Waals surface area contributed by atoms with Crippen molar-refractivity contribution in [2.24, 2.45) is 0 Å². The number of hydrogen-bond acceptors (Lipinski definition) is 2. The average molecular weight is 370 g/mol. The van der Waals surface area contributed by atoms with Crippen LogP contribution in [0.4, 0.5) is 4.39 Å². The summed E-state index contributed by atoms with van der Waals surface area (Å²) >= 11 is 10.5. The third-order valence-corrected chi connectivity index (χ3v) is 5.46. The van der Waals surface area contributed by atoms with E-state index in [4.69, 9.17) is 11.6 Å². The van der Waals surface area contributed by atoms with E-state index in [0.717, 1.165) is 0 Å². The second-order valence-corrected chi connectivity index (χ2v) is 6.71. The number of benzene rings is 2. The molecule has 0 N–H and O–H groups in total. The van der Waals surface area contributed by atoms with Crippen molar-refractivity contribution in [3.8, 4) is 0 Å². The molecular formula is C15H7BrClFOS. The Hall–Kier alpha value is -1.23. The van der Waals surface area contributed by atoms with Gasteiger partial charge in [0, 0.05) is 15.4 Å². The summed E-state index contributed by atoms with van der Waals surface area (Å²) in [7, 11) is 0. The Morgan fingerprint density at radius 2 is 1.85 bits per heavy atom. The van der Waals surface area contributed by atoms with E-state index >= 15 is 0 Å². The van der Waals surface area contributed by atoms with Crippen LogP contribution in [0.2, 0.25) is 4.34 Å². The van der Waals surface area contributed by atoms with Gasteiger partial charge in [0.15, 0.2) is 0 Å². The van der Waals surface area contributed by atoms with E-state index in [0.29, 0.717) is 30.0 Å². The topological polar surface area (TPSA) is 17.1 Å². The van der Waals surface area contributed by atoms with Gasteiger partial charge in [0.05, 0.1) is 4.88 Å². The largest absolute Gasteiger partial charge is 0.288 e. The van der Waals surface area contributed by atoms with Gasteiger partial charge in [0.2, 0.25) is 5.78 Å². The molecule has 0 spiro atoms. The number of carbonyl (C=O) groups is 1. The van der Waals surface area contributed by atoms with Crippen molar-refractivity contribution in [1.29, 1.82) is 0 Å². The lowest BCUT2D eigenvalue weighted by molar-refractivity contribution is 0.104. The van der Waals surface area contributed by atoms with E-state index in [9.17, 15) is 9.18 Å². The van der Waals surface area contributed by atoms with Crippen molar-refractivity contribution in [3.63, 3.8) is 0 Å². The molecule has 1 nitrogen and oxygen atoms in total. The Balaban J connectivity index is 2.20.